The molecule has 0 aliphatic carbocycles. The summed E-state index contributed by atoms with van der Waals surface area (Å²) in [7, 11) is 0. The van der Waals surface area contributed by atoms with E-state index < -0.39 is 29.2 Å². The number of carboxylic acid groups (broad SMARTS) is 1. The average molecular weight is 630 g/mol. The number of halogens is 3. The third kappa shape index (κ3) is 6.38. The fourth-order valence-corrected chi connectivity index (χ4v) is 5.24. The van der Waals surface area contributed by atoms with Gasteiger partial charge >= 0.3 is 12.1 Å². The smallest absolute Gasteiger partial charge is 0.449 e. The lowest BCUT2D eigenvalue weighted by Gasteiger charge is -2.24. The molecule has 1 amide bonds. The Morgan fingerprint density at radius 1 is 0.848 bits per heavy atom. The topological polar surface area (TPSA) is 96.5 Å². The first-order valence-corrected chi connectivity index (χ1v) is 14.7. The lowest BCUT2D eigenvalue weighted by Crippen LogP contribution is -2.31. The van der Waals surface area contributed by atoms with Crippen LogP contribution in [0.15, 0.2) is 71.1 Å². The molecule has 2 aromatic carbocycles. The predicted octanol–water partition coefficient (Wildman–Crippen LogP) is 8.35. The molecule has 0 aliphatic heterocycles. The van der Waals surface area contributed by atoms with Crippen molar-refractivity contribution in [2.75, 3.05) is 0 Å². The Labute approximate surface area is 264 Å². The summed E-state index contributed by atoms with van der Waals surface area (Å²) in [6, 6.07) is 18.7. The summed E-state index contributed by atoms with van der Waals surface area (Å²) < 4.78 is 45.1. The monoisotopic (exact) mass is 629 g/mol. The zero-order valence-corrected chi connectivity index (χ0v) is 26.4. The number of nitrogens with zero attached hydrogens (tertiary/aromatic N) is 3. The number of amides is 1. The van der Waals surface area contributed by atoms with Crippen LogP contribution in [0.4, 0.5) is 13.2 Å². The quantitative estimate of drug-likeness (QED) is 0.185. The van der Waals surface area contributed by atoms with Gasteiger partial charge in [0.15, 0.2) is 0 Å². The Morgan fingerprint density at radius 2 is 1.54 bits per heavy atom. The molecular formula is C36H34F3N3O4. The zero-order valence-electron chi connectivity index (χ0n) is 26.4. The number of carbonyl (C=O) groups is 2. The molecule has 7 nitrogen and oxygen atoms in total. The van der Waals surface area contributed by atoms with E-state index in [2.05, 4.69) is 4.98 Å². The number of pyridine rings is 2. The predicted molar refractivity (Wildman–Crippen MR) is 168 cm³/mol. The molecule has 10 heteroatoms. The highest BCUT2D eigenvalue weighted by molar-refractivity contribution is 6.06. The molecule has 0 radical (unpaired) electrons. The number of carboxylic acids is 1. The molecule has 238 valence electrons. The van der Waals surface area contributed by atoms with Crippen molar-refractivity contribution >= 4 is 22.9 Å². The van der Waals surface area contributed by atoms with Crippen LogP contribution in [0.3, 0.4) is 0 Å². The van der Waals surface area contributed by atoms with Crippen LogP contribution in [0, 0.1) is 27.7 Å². The van der Waals surface area contributed by atoms with Crippen LogP contribution < -0.4 is 0 Å². The minimum atomic E-state index is -4.66. The SMILES string of the molecule is Cc1cc2nc(C)c(C)c(C(=O)N(Cc3ccc(-c4cccc(C(C)(C)C(=O)O)c4)cc3)Cc3ccc(C(F)(F)F)o3)c2nc1C. The molecule has 0 aliphatic rings. The summed E-state index contributed by atoms with van der Waals surface area (Å²) >= 11 is 0. The zero-order chi connectivity index (χ0) is 33.6. The molecule has 5 rings (SSSR count). The minimum Gasteiger partial charge on any atom is -0.481 e. The maximum Gasteiger partial charge on any atom is 0.449 e. The summed E-state index contributed by atoms with van der Waals surface area (Å²) in [6.45, 7) is 10.5. The highest BCUT2D eigenvalue weighted by Crippen LogP contribution is 2.33. The summed E-state index contributed by atoms with van der Waals surface area (Å²) in [4.78, 5) is 36.9. The number of rotatable bonds is 8. The number of aromatic nitrogens is 2. The van der Waals surface area contributed by atoms with E-state index in [-0.39, 0.29) is 18.8 Å². The molecule has 1 N–H and O–H groups in total. The molecule has 0 saturated carbocycles. The molecule has 0 bridgehead atoms. The van der Waals surface area contributed by atoms with Crippen LogP contribution in [-0.4, -0.2) is 31.9 Å². The first kappa shape index (κ1) is 32.4. The van der Waals surface area contributed by atoms with Crippen molar-refractivity contribution in [2.45, 2.75) is 66.2 Å². The molecule has 3 aromatic heterocycles. The van der Waals surface area contributed by atoms with E-state index in [0.29, 0.717) is 33.4 Å². The van der Waals surface area contributed by atoms with Crippen molar-refractivity contribution < 1.29 is 32.3 Å². The lowest BCUT2D eigenvalue weighted by molar-refractivity contribution is -0.153. The van der Waals surface area contributed by atoms with E-state index in [0.717, 1.165) is 34.0 Å². The van der Waals surface area contributed by atoms with Gasteiger partial charge in [-0.25, -0.2) is 0 Å². The number of hydrogen-bond donors (Lipinski definition) is 1. The van der Waals surface area contributed by atoms with E-state index in [9.17, 15) is 27.9 Å². The number of aryl methyl sites for hydroxylation is 3. The van der Waals surface area contributed by atoms with Crippen molar-refractivity contribution in [1.82, 2.24) is 14.9 Å². The van der Waals surface area contributed by atoms with E-state index >= 15 is 0 Å². The summed E-state index contributed by atoms with van der Waals surface area (Å²) in [6.07, 6.45) is -4.66. The van der Waals surface area contributed by atoms with E-state index in [4.69, 9.17) is 9.40 Å². The molecule has 5 aromatic rings. The summed E-state index contributed by atoms with van der Waals surface area (Å²) in [5, 5.41) is 9.66. The van der Waals surface area contributed by atoms with Gasteiger partial charge in [0, 0.05) is 17.9 Å². The van der Waals surface area contributed by atoms with Gasteiger partial charge in [0.2, 0.25) is 5.76 Å². The summed E-state index contributed by atoms with van der Waals surface area (Å²) in [5.41, 5.74) is 6.25. The van der Waals surface area contributed by atoms with E-state index in [1.165, 1.54) is 11.0 Å². The van der Waals surface area contributed by atoms with Gasteiger partial charge in [0.25, 0.3) is 5.91 Å². The fraction of sp³-hybridized carbons (Fsp3) is 0.278. The Balaban J connectivity index is 1.53. The number of benzene rings is 2. The molecule has 0 unspecified atom stereocenters. The van der Waals surface area contributed by atoms with Crippen LogP contribution in [0.5, 0.6) is 0 Å². The molecule has 46 heavy (non-hydrogen) atoms. The minimum absolute atomic E-state index is 0.0112. The standard InChI is InChI=1S/C36H34F3N3O4/c1-20-16-29-32(41-22(20)3)31(21(2)23(4)40-29)33(43)42(19-28-14-15-30(46-28)36(37,38)39)18-24-10-12-25(13-11-24)26-8-7-9-27(17-26)35(5,6)34(44)45/h7-17H,18-19H2,1-6H3,(H,44,45). The second kappa shape index (κ2) is 12.1. The van der Waals surface area contributed by atoms with Crippen molar-refractivity contribution in [3.63, 3.8) is 0 Å². The number of hydrogen-bond acceptors (Lipinski definition) is 5. The second-order valence-electron chi connectivity index (χ2n) is 12.1. The lowest BCUT2D eigenvalue weighted by atomic mass is 9.83. The number of furan rings is 1. The first-order valence-electron chi connectivity index (χ1n) is 14.7. The third-order valence-electron chi connectivity index (χ3n) is 8.46. The Hall–Kier alpha value is -4.99. The van der Waals surface area contributed by atoms with Gasteiger partial charge in [-0.1, -0.05) is 48.5 Å². The number of fused-ring (bicyclic) bond motifs is 1. The number of carbonyl (C=O) groups excluding carboxylic acids is 1. The van der Waals surface area contributed by atoms with Gasteiger partial charge in [-0.05, 0) is 93.1 Å². The van der Waals surface area contributed by atoms with Gasteiger partial charge < -0.3 is 14.4 Å². The molecule has 0 saturated heterocycles. The van der Waals surface area contributed by atoms with Crippen LogP contribution in [0.2, 0.25) is 0 Å². The normalized spacial score (nSPS) is 12.0. The van der Waals surface area contributed by atoms with Crippen LogP contribution in [0.25, 0.3) is 22.2 Å². The Morgan fingerprint density at radius 3 is 2.17 bits per heavy atom. The highest BCUT2D eigenvalue weighted by atomic mass is 19.4. The maximum absolute atomic E-state index is 14.4. The Kier molecular flexibility index (Phi) is 8.51. The molecular weight excluding hydrogens is 595 g/mol. The summed E-state index contributed by atoms with van der Waals surface area (Å²) in [5.74, 6) is -2.50. The van der Waals surface area contributed by atoms with Crippen LogP contribution >= 0.6 is 0 Å². The van der Waals surface area contributed by atoms with E-state index in [1.807, 2.05) is 62.4 Å². The van der Waals surface area contributed by atoms with Crippen molar-refractivity contribution in [1.29, 1.82) is 0 Å². The second-order valence-corrected chi connectivity index (χ2v) is 12.1. The van der Waals surface area contributed by atoms with Gasteiger partial charge in [0.1, 0.15) is 11.3 Å². The van der Waals surface area contributed by atoms with E-state index in [1.54, 1.807) is 33.8 Å². The van der Waals surface area contributed by atoms with Crippen LogP contribution in [-0.2, 0) is 29.5 Å². The first-order chi connectivity index (χ1) is 21.6. The third-order valence-corrected chi connectivity index (χ3v) is 8.46. The number of alkyl halides is 3. The fourth-order valence-electron chi connectivity index (χ4n) is 5.24. The van der Waals surface area contributed by atoms with Gasteiger partial charge in [-0.3, -0.25) is 19.6 Å². The van der Waals surface area contributed by atoms with Crippen molar-refractivity contribution in [2.24, 2.45) is 0 Å². The molecule has 0 spiro atoms. The average Bonchev–Trinajstić information content (AvgIpc) is 3.48. The van der Waals surface area contributed by atoms with Gasteiger partial charge in [0.05, 0.1) is 23.0 Å². The molecule has 3 heterocycles. The maximum atomic E-state index is 14.4. The Bertz CT molecular complexity index is 1960. The van der Waals surface area contributed by atoms with Crippen molar-refractivity contribution in [3.05, 3.63) is 117 Å². The molecule has 0 atom stereocenters. The van der Waals surface area contributed by atoms with Crippen LogP contribution in [0.1, 0.15) is 69.4 Å². The largest absolute Gasteiger partial charge is 0.481 e. The van der Waals surface area contributed by atoms with Gasteiger partial charge in [-0.2, -0.15) is 13.2 Å². The van der Waals surface area contributed by atoms with Gasteiger partial charge in [-0.15, -0.1) is 0 Å². The van der Waals surface area contributed by atoms with Crippen molar-refractivity contribution in [3.8, 4) is 11.1 Å². The number of aliphatic carboxylic acids is 1. The highest BCUT2D eigenvalue weighted by Gasteiger charge is 2.35. The molecule has 0 fully saturated rings.